The Hall–Kier alpha value is -0.870. The van der Waals surface area contributed by atoms with Gasteiger partial charge in [0.1, 0.15) is 6.10 Å². The van der Waals surface area contributed by atoms with Crippen molar-refractivity contribution in [3.05, 3.63) is 12.2 Å². The smallest absolute Gasteiger partial charge is 0.335 e. The summed E-state index contributed by atoms with van der Waals surface area (Å²) in [4.78, 5) is 11.2. The zero-order valence-corrected chi connectivity index (χ0v) is 8.32. The molecular weight excluding hydrogens is 184 g/mol. The van der Waals surface area contributed by atoms with Gasteiger partial charge in [0.05, 0.1) is 0 Å². The predicted molar refractivity (Wildman–Crippen MR) is 50.3 cm³/mol. The molecule has 0 spiro atoms. The number of ether oxygens (including phenoxy) is 1. The Morgan fingerprint density at radius 1 is 1.57 bits per heavy atom. The number of esters is 1. The van der Waals surface area contributed by atoms with Gasteiger partial charge in [0, 0.05) is 12.0 Å². The van der Waals surface area contributed by atoms with Gasteiger partial charge < -0.3 is 14.9 Å². The predicted octanol–water partition coefficient (Wildman–Crippen LogP) is 0.729. The normalized spacial score (nSPS) is 32.4. The summed E-state index contributed by atoms with van der Waals surface area (Å²) in [6.45, 7) is 4.91. The average molecular weight is 200 g/mol. The van der Waals surface area contributed by atoms with Crippen molar-refractivity contribution in [3.8, 4) is 0 Å². The van der Waals surface area contributed by atoms with Gasteiger partial charge >= 0.3 is 5.97 Å². The lowest BCUT2D eigenvalue weighted by molar-refractivity contribution is -0.256. The first kappa shape index (κ1) is 11.2. The van der Waals surface area contributed by atoms with Crippen LogP contribution in [0.4, 0.5) is 0 Å². The second-order valence-corrected chi connectivity index (χ2v) is 3.78. The molecule has 1 aliphatic rings. The standard InChI is InChI=1S/C10H16O4/c1-7(2)9(12)14-10(13)6-4-3-5-8(10)11/h8,11,13H,1,3-6H2,2H3. The first-order chi connectivity index (χ1) is 6.46. The van der Waals surface area contributed by atoms with Gasteiger partial charge in [0.2, 0.25) is 5.79 Å². The molecule has 14 heavy (non-hydrogen) atoms. The summed E-state index contributed by atoms with van der Waals surface area (Å²) in [7, 11) is 0. The van der Waals surface area contributed by atoms with E-state index in [9.17, 15) is 15.0 Å². The van der Waals surface area contributed by atoms with Crippen molar-refractivity contribution in [2.24, 2.45) is 0 Å². The maximum absolute atomic E-state index is 11.2. The highest BCUT2D eigenvalue weighted by Crippen LogP contribution is 2.30. The van der Waals surface area contributed by atoms with E-state index in [0.717, 1.165) is 12.8 Å². The Morgan fingerprint density at radius 3 is 2.71 bits per heavy atom. The maximum atomic E-state index is 11.2. The Labute approximate surface area is 83.2 Å². The van der Waals surface area contributed by atoms with Crippen LogP contribution >= 0.6 is 0 Å². The van der Waals surface area contributed by atoms with Crippen molar-refractivity contribution >= 4 is 5.97 Å². The van der Waals surface area contributed by atoms with Crippen LogP contribution in [0.25, 0.3) is 0 Å². The van der Waals surface area contributed by atoms with Crippen LogP contribution in [0.15, 0.2) is 12.2 Å². The molecular formula is C10H16O4. The van der Waals surface area contributed by atoms with Crippen molar-refractivity contribution in [1.82, 2.24) is 0 Å². The van der Waals surface area contributed by atoms with Gasteiger partial charge in [0.15, 0.2) is 0 Å². The zero-order valence-electron chi connectivity index (χ0n) is 8.32. The average Bonchev–Trinajstić information content (AvgIpc) is 2.10. The highest BCUT2D eigenvalue weighted by molar-refractivity contribution is 5.87. The van der Waals surface area contributed by atoms with E-state index in [4.69, 9.17) is 4.74 Å². The highest BCUT2D eigenvalue weighted by Gasteiger charge is 2.41. The number of hydrogen-bond acceptors (Lipinski definition) is 4. The summed E-state index contributed by atoms with van der Waals surface area (Å²) in [5, 5.41) is 19.3. The Kier molecular flexibility index (Phi) is 3.29. The third-order valence-corrected chi connectivity index (χ3v) is 2.40. The fourth-order valence-electron chi connectivity index (χ4n) is 1.47. The highest BCUT2D eigenvalue weighted by atomic mass is 16.7. The minimum absolute atomic E-state index is 0.219. The topological polar surface area (TPSA) is 66.8 Å². The van der Waals surface area contributed by atoms with E-state index in [1.165, 1.54) is 6.92 Å². The van der Waals surface area contributed by atoms with Crippen LogP contribution in [0.1, 0.15) is 32.6 Å². The third kappa shape index (κ3) is 2.33. The number of rotatable bonds is 2. The molecule has 0 aromatic heterocycles. The number of aliphatic hydroxyl groups is 2. The van der Waals surface area contributed by atoms with Crippen LogP contribution in [0, 0.1) is 0 Å². The molecule has 1 fully saturated rings. The summed E-state index contributed by atoms with van der Waals surface area (Å²) in [5.74, 6) is -2.37. The summed E-state index contributed by atoms with van der Waals surface area (Å²) < 4.78 is 4.82. The molecule has 0 aromatic carbocycles. The van der Waals surface area contributed by atoms with Crippen LogP contribution in [0.5, 0.6) is 0 Å². The largest absolute Gasteiger partial charge is 0.427 e. The fourth-order valence-corrected chi connectivity index (χ4v) is 1.47. The molecule has 80 valence electrons. The molecule has 1 rings (SSSR count). The van der Waals surface area contributed by atoms with E-state index < -0.39 is 17.9 Å². The quantitative estimate of drug-likeness (QED) is 0.392. The lowest BCUT2D eigenvalue weighted by atomic mass is 9.91. The van der Waals surface area contributed by atoms with E-state index in [-0.39, 0.29) is 12.0 Å². The van der Waals surface area contributed by atoms with Crippen molar-refractivity contribution in [2.75, 3.05) is 0 Å². The van der Waals surface area contributed by atoms with Crippen LogP contribution < -0.4 is 0 Å². The van der Waals surface area contributed by atoms with E-state index in [0.29, 0.717) is 6.42 Å². The lowest BCUT2D eigenvalue weighted by Gasteiger charge is -2.35. The number of carbonyl (C=O) groups is 1. The molecule has 0 amide bonds. The Balaban J connectivity index is 2.64. The van der Waals surface area contributed by atoms with Crippen molar-refractivity contribution < 1.29 is 19.7 Å². The van der Waals surface area contributed by atoms with Gasteiger partial charge in [-0.05, 0) is 19.8 Å². The van der Waals surface area contributed by atoms with Gasteiger partial charge in [-0.25, -0.2) is 4.79 Å². The third-order valence-electron chi connectivity index (χ3n) is 2.40. The van der Waals surface area contributed by atoms with Crippen molar-refractivity contribution in [2.45, 2.75) is 44.5 Å². The van der Waals surface area contributed by atoms with E-state index in [2.05, 4.69) is 6.58 Å². The molecule has 0 saturated heterocycles. The number of hydrogen-bond donors (Lipinski definition) is 2. The molecule has 2 N–H and O–H groups in total. The van der Waals surface area contributed by atoms with Crippen LogP contribution in [0.3, 0.4) is 0 Å². The molecule has 1 aliphatic carbocycles. The zero-order chi connectivity index (χ0) is 10.8. The van der Waals surface area contributed by atoms with Crippen LogP contribution in [-0.2, 0) is 9.53 Å². The van der Waals surface area contributed by atoms with Gasteiger partial charge in [0.25, 0.3) is 0 Å². The molecule has 1 saturated carbocycles. The molecule has 2 atom stereocenters. The summed E-state index contributed by atoms with van der Waals surface area (Å²) in [6.07, 6.45) is 1.35. The van der Waals surface area contributed by atoms with Crippen molar-refractivity contribution in [1.29, 1.82) is 0 Å². The molecule has 0 aliphatic heterocycles. The Morgan fingerprint density at radius 2 is 2.21 bits per heavy atom. The number of aliphatic hydroxyl groups excluding tert-OH is 1. The first-order valence-corrected chi connectivity index (χ1v) is 4.75. The second kappa shape index (κ2) is 4.11. The molecule has 0 aromatic rings. The lowest BCUT2D eigenvalue weighted by Crippen LogP contribution is -2.48. The van der Waals surface area contributed by atoms with Gasteiger partial charge in [-0.15, -0.1) is 0 Å². The van der Waals surface area contributed by atoms with Crippen LogP contribution in [0.2, 0.25) is 0 Å². The number of carbonyl (C=O) groups excluding carboxylic acids is 1. The van der Waals surface area contributed by atoms with Crippen LogP contribution in [-0.4, -0.2) is 28.1 Å². The minimum Gasteiger partial charge on any atom is -0.427 e. The molecule has 0 heterocycles. The fraction of sp³-hybridized carbons (Fsp3) is 0.700. The molecule has 0 radical (unpaired) electrons. The van der Waals surface area contributed by atoms with E-state index in [1.54, 1.807) is 0 Å². The van der Waals surface area contributed by atoms with Crippen molar-refractivity contribution in [3.63, 3.8) is 0 Å². The molecule has 2 unspecified atom stereocenters. The molecule has 4 heteroatoms. The van der Waals surface area contributed by atoms with Gasteiger partial charge in [-0.3, -0.25) is 0 Å². The molecule has 4 nitrogen and oxygen atoms in total. The molecule has 0 bridgehead atoms. The summed E-state index contributed by atoms with van der Waals surface area (Å²) in [6, 6.07) is 0. The van der Waals surface area contributed by atoms with E-state index >= 15 is 0 Å². The summed E-state index contributed by atoms with van der Waals surface area (Å²) in [5.41, 5.74) is 0.219. The van der Waals surface area contributed by atoms with Gasteiger partial charge in [-0.2, -0.15) is 0 Å². The SMILES string of the molecule is C=C(C)C(=O)OC1(O)CCCCC1O. The Bertz CT molecular complexity index is 249. The minimum atomic E-state index is -1.71. The second-order valence-electron chi connectivity index (χ2n) is 3.78. The summed E-state index contributed by atoms with van der Waals surface area (Å²) >= 11 is 0. The monoisotopic (exact) mass is 200 g/mol. The van der Waals surface area contributed by atoms with Gasteiger partial charge in [-0.1, -0.05) is 13.0 Å². The first-order valence-electron chi connectivity index (χ1n) is 4.75. The van der Waals surface area contributed by atoms with E-state index in [1.807, 2.05) is 0 Å². The maximum Gasteiger partial charge on any atom is 0.335 e.